The van der Waals surface area contributed by atoms with Crippen molar-refractivity contribution in [1.82, 2.24) is 0 Å². The van der Waals surface area contributed by atoms with Gasteiger partial charge in [-0.15, -0.1) is 0 Å². The highest BCUT2D eigenvalue weighted by molar-refractivity contribution is 5.78. The molecule has 15 heavy (non-hydrogen) atoms. The quantitative estimate of drug-likeness (QED) is 0.597. The first kappa shape index (κ1) is 9.48. The van der Waals surface area contributed by atoms with Gasteiger partial charge in [-0.25, -0.2) is 4.85 Å². The third kappa shape index (κ3) is 1.89. The fraction of sp³-hybridized carbons (Fsp3) is 0.0714. The molecule has 2 aromatic carbocycles. The van der Waals surface area contributed by atoms with Gasteiger partial charge < -0.3 is 0 Å². The van der Waals surface area contributed by atoms with E-state index in [2.05, 4.69) is 4.85 Å². The third-order valence-electron chi connectivity index (χ3n) is 2.36. The second kappa shape index (κ2) is 3.98. The Morgan fingerprint density at radius 3 is 2.40 bits per heavy atom. The summed E-state index contributed by atoms with van der Waals surface area (Å²) in [7, 11) is 0. The van der Waals surface area contributed by atoms with Crippen molar-refractivity contribution >= 4 is 5.69 Å². The summed E-state index contributed by atoms with van der Waals surface area (Å²) in [6, 6.07) is 16.0. The Morgan fingerprint density at radius 1 is 1.00 bits per heavy atom. The summed E-state index contributed by atoms with van der Waals surface area (Å²) in [6.07, 6.45) is 0. The molecule has 0 bridgehead atoms. The normalized spacial score (nSPS) is 9.60. The predicted octanol–water partition coefficient (Wildman–Crippen LogP) is 4.21. The van der Waals surface area contributed by atoms with Crippen LogP contribution in [0.3, 0.4) is 0 Å². The number of aryl methyl sites for hydroxylation is 1. The molecule has 0 N–H and O–H groups in total. The molecule has 0 heterocycles. The van der Waals surface area contributed by atoms with E-state index in [0.29, 0.717) is 0 Å². The summed E-state index contributed by atoms with van der Waals surface area (Å²) in [5.74, 6) is 0. The van der Waals surface area contributed by atoms with Crippen molar-refractivity contribution in [2.24, 2.45) is 0 Å². The van der Waals surface area contributed by atoms with Crippen LogP contribution in [0, 0.1) is 13.5 Å². The molecular weight excluding hydrogens is 182 g/mol. The molecule has 0 atom stereocenters. The van der Waals surface area contributed by atoms with Crippen molar-refractivity contribution in [3.8, 4) is 11.1 Å². The van der Waals surface area contributed by atoms with E-state index in [9.17, 15) is 0 Å². The van der Waals surface area contributed by atoms with Gasteiger partial charge in [-0.1, -0.05) is 54.1 Å². The van der Waals surface area contributed by atoms with Crippen molar-refractivity contribution in [3.63, 3.8) is 0 Å². The van der Waals surface area contributed by atoms with Crippen molar-refractivity contribution in [2.45, 2.75) is 6.92 Å². The summed E-state index contributed by atoms with van der Waals surface area (Å²) in [5.41, 5.74) is 3.96. The van der Waals surface area contributed by atoms with Crippen molar-refractivity contribution in [2.75, 3.05) is 0 Å². The van der Waals surface area contributed by atoms with Gasteiger partial charge in [-0.05, 0) is 18.1 Å². The van der Waals surface area contributed by atoms with Gasteiger partial charge in [0.25, 0.3) is 0 Å². The molecule has 0 aliphatic rings. The van der Waals surface area contributed by atoms with Gasteiger partial charge in [0.05, 0.1) is 6.57 Å². The Balaban J connectivity index is 2.60. The van der Waals surface area contributed by atoms with E-state index >= 15 is 0 Å². The van der Waals surface area contributed by atoms with Gasteiger partial charge in [0.2, 0.25) is 0 Å². The van der Waals surface area contributed by atoms with Crippen molar-refractivity contribution in [3.05, 3.63) is 65.5 Å². The minimum absolute atomic E-state index is 0.723. The monoisotopic (exact) mass is 193 g/mol. The topological polar surface area (TPSA) is 4.36 Å². The zero-order chi connectivity index (χ0) is 10.7. The molecule has 0 aliphatic carbocycles. The number of hydrogen-bond donors (Lipinski definition) is 0. The largest absolute Gasteiger partial charge is 0.238 e. The van der Waals surface area contributed by atoms with Crippen LogP contribution in [0.2, 0.25) is 0 Å². The standard InChI is InChI=1S/C14H11N/c1-11-8-9-13(14(10-11)15-2)12-6-4-3-5-7-12/h3-10H,1H3. The molecule has 1 nitrogen and oxygen atoms in total. The molecule has 72 valence electrons. The Kier molecular flexibility index (Phi) is 2.51. The Bertz CT molecular complexity index is 507. The highest BCUT2D eigenvalue weighted by Gasteiger charge is 2.03. The maximum Gasteiger partial charge on any atom is 0.195 e. The first-order chi connectivity index (χ1) is 7.31. The van der Waals surface area contributed by atoms with Gasteiger partial charge in [-0.2, -0.15) is 0 Å². The van der Waals surface area contributed by atoms with Crippen LogP contribution < -0.4 is 0 Å². The van der Waals surface area contributed by atoms with E-state index in [4.69, 9.17) is 6.57 Å². The summed E-state index contributed by atoms with van der Waals surface area (Å²) in [5, 5.41) is 0. The van der Waals surface area contributed by atoms with Crippen LogP contribution in [0.5, 0.6) is 0 Å². The lowest BCUT2D eigenvalue weighted by Crippen LogP contribution is -1.79. The maximum absolute atomic E-state index is 7.16. The van der Waals surface area contributed by atoms with Gasteiger partial charge in [0, 0.05) is 0 Å². The first-order valence-electron chi connectivity index (χ1n) is 4.85. The van der Waals surface area contributed by atoms with Crippen LogP contribution in [0.4, 0.5) is 5.69 Å². The van der Waals surface area contributed by atoms with E-state index in [1.54, 1.807) is 0 Å². The van der Waals surface area contributed by atoms with Gasteiger partial charge in [-0.3, -0.25) is 0 Å². The van der Waals surface area contributed by atoms with E-state index in [1.165, 1.54) is 0 Å². The van der Waals surface area contributed by atoms with Crippen LogP contribution in [0.25, 0.3) is 16.0 Å². The smallest absolute Gasteiger partial charge is 0.195 e. The van der Waals surface area contributed by atoms with E-state index < -0.39 is 0 Å². The molecule has 0 amide bonds. The molecule has 0 spiro atoms. The van der Waals surface area contributed by atoms with Crippen LogP contribution in [0.1, 0.15) is 5.56 Å². The van der Waals surface area contributed by atoms with Gasteiger partial charge >= 0.3 is 0 Å². The molecule has 0 aromatic heterocycles. The summed E-state index contributed by atoms with van der Waals surface area (Å²) < 4.78 is 0. The lowest BCUT2D eigenvalue weighted by atomic mass is 10.0. The minimum Gasteiger partial charge on any atom is -0.238 e. The SMILES string of the molecule is [C-]#[N+]c1cc(C)ccc1-c1ccccc1. The third-order valence-corrected chi connectivity index (χ3v) is 2.36. The molecule has 0 aliphatic heterocycles. The van der Waals surface area contributed by atoms with Crippen LogP contribution in [-0.2, 0) is 0 Å². The van der Waals surface area contributed by atoms with Crippen molar-refractivity contribution in [1.29, 1.82) is 0 Å². The van der Waals surface area contributed by atoms with Crippen LogP contribution in [0.15, 0.2) is 48.5 Å². The number of hydrogen-bond acceptors (Lipinski definition) is 0. The summed E-state index contributed by atoms with van der Waals surface area (Å²) >= 11 is 0. The van der Waals surface area contributed by atoms with Gasteiger partial charge in [0.15, 0.2) is 5.69 Å². The van der Waals surface area contributed by atoms with Crippen molar-refractivity contribution < 1.29 is 0 Å². The molecule has 0 saturated carbocycles. The average Bonchev–Trinajstić information content (AvgIpc) is 2.30. The molecule has 1 heteroatoms. The number of benzene rings is 2. The average molecular weight is 193 g/mol. The van der Waals surface area contributed by atoms with Crippen LogP contribution in [-0.4, -0.2) is 0 Å². The number of nitrogens with zero attached hydrogens (tertiary/aromatic N) is 1. The molecule has 2 aromatic rings. The fourth-order valence-electron chi connectivity index (χ4n) is 1.60. The lowest BCUT2D eigenvalue weighted by molar-refractivity contribution is 1.48. The Hall–Kier alpha value is -2.07. The van der Waals surface area contributed by atoms with Gasteiger partial charge in [0.1, 0.15) is 0 Å². The Morgan fingerprint density at radius 2 is 1.73 bits per heavy atom. The molecule has 0 saturated heterocycles. The Labute approximate surface area is 89.8 Å². The zero-order valence-corrected chi connectivity index (χ0v) is 8.57. The van der Waals surface area contributed by atoms with E-state index in [0.717, 1.165) is 22.4 Å². The molecular formula is C14H11N. The lowest BCUT2D eigenvalue weighted by Gasteiger charge is -2.04. The second-order valence-electron chi connectivity index (χ2n) is 3.50. The summed E-state index contributed by atoms with van der Waals surface area (Å²) in [6.45, 7) is 9.16. The summed E-state index contributed by atoms with van der Waals surface area (Å²) in [4.78, 5) is 3.56. The zero-order valence-electron chi connectivity index (χ0n) is 8.57. The molecule has 2 rings (SSSR count). The fourth-order valence-corrected chi connectivity index (χ4v) is 1.60. The maximum atomic E-state index is 7.16. The van der Waals surface area contributed by atoms with Crippen LogP contribution >= 0.6 is 0 Å². The minimum atomic E-state index is 0.723. The highest BCUT2D eigenvalue weighted by Crippen LogP contribution is 2.30. The van der Waals surface area contributed by atoms with E-state index in [-0.39, 0.29) is 0 Å². The number of rotatable bonds is 1. The first-order valence-corrected chi connectivity index (χ1v) is 4.85. The second-order valence-corrected chi connectivity index (χ2v) is 3.50. The molecule has 0 unspecified atom stereocenters. The molecule has 0 radical (unpaired) electrons. The highest BCUT2D eigenvalue weighted by atomic mass is 14.6. The van der Waals surface area contributed by atoms with E-state index in [1.807, 2.05) is 55.5 Å². The predicted molar refractivity (Wildman–Crippen MR) is 62.9 cm³/mol. The molecule has 0 fully saturated rings.